The molecule has 0 unspecified atom stereocenters. The van der Waals surface area contributed by atoms with Gasteiger partial charge < -0.3 is 5.32 Å². The standard InChI is InChI=1S/C19H16N4O2S/c1-12-4-6-13(7-5-12)9-21-15(24)10-23-11-22-16-14-3-2-8-20-18(14)26-17(16)19(23)25/h2-8,11H,9-10H2,1H3,(H,21,24). The van der Waals surface area contributed by atoms with Crippen molar-refractivity contribution in [2.24, 2.45) is 0 Å². The molecule has 0 aliphatic carbocycles. The molecule has 7 heteroatoms. The second kappa shape index (κ2) is 6.68. The van der Waals surface area contributed by atoms with E-state index in [0.29, 0.717) is 16.8 Å². The van der Waals surface area contributed by atoms with Crippen LogP contribution in [-0.2, 0) is 17.9 Å². The Hall–Kier alpha value is -3.06. The van der Waals surface area contributed by atoms with Crippen molar-refractivity contribution in [2.75, 3.05) is 0 Å². The van der Waals surface area contributed by atoms with Crippen LogP contribution in [0.2, 0.25) is 0 Å². The van der Waals surface area contributed by atoms with E-state index < -0.39 is 0 Å². The SMILES string of the molecule is Cc1ccc(CNC(=O)Cn2cnc3c(sc4ncccc43)c2=O)cc1. The molecule has 0 saturated heterocycles. The van der Waals surface area contributed by atoms with Gasteiger partial charge in [-0.2, -0.15) is 0 Å². The molecule has 0 radical (unpaired) electrons. The van der Waals surface area contributed by atoms with Gasteiger partial charge in [-0.05, 0) is 24.6 Å². The Kier molecular flexibility index (Phi) is 4.22. The average Bonchev–Trinajstić information content (AvgIpc) is 3.03. The van der Waals surface area contributed by atoms with Crippen LogP contribution < -0.4 is 10.9 Å². The van der Waals surface area contributed by atoms with E-state index in [1.165, 1.54) is 27.8 Å². The lowest BCUT2D eigenvalue weighted by molar-refractivity contribution is -0.121. The van der Waals surface area contributed by atoms with E-state index in [1.807, 2.05) is 43.3 Å². The molecule has 4 rings (SSSR count). The van der Waals surface area contributed by atoms with Crippen LogP contribution in [0.1, 0.15) is 11.1 Å². The van der Waals surface area contributed by atoms with Gasteiger partial charge in [-0.15, -0.1) is 11.3 Å². The van der Waals surface area contributed by atoms with Crippen molar-refractivity contribution in [3.63, 3.8) is 0 Å². The molecule has 0 spiro atoms. The first-order valence-electron chi connectivity index (χ1n) is 8.17. The number of fused-ring (bicyclic) bond motifs is 3. The Morgan fingerprint density at radius 2 is 2.00 bits per heavy atom. The first kappa shape index (κ1) is 16.4. The van der Waals surface area contributed by atoms with Crippen molar-refractivity contribution >= 4 is 37.7 Å². The normalized spacial score (nSPS) is 11.1. The minimum atomic E-state index is -0.229. The van der Waals surface area contributed by atoms with Crippen molar-refractivity contribution in [1.82, 2.24) is 19.9 Å². The summed E-state index contributed by atoms with van der Waals surface area (Å²) >= 11 is 1.30. The van der Waals surface area contributed by atoms with Crippen molar-refractivity contribution < 1.29 is 4.79 Å². The predicted molar refractivity (Wildman–Crippen MR) is 102 cm³/mol. The maximum Gasteiger partial charge on any atom is 0.271 e. The first-order valence-corrected chi connectivity index (χ1v) is 8.98. The molecule has 1 aromatic carbocycles. The summed E-state index contributed by atoms with van der Waals surface area (Å²) in [7, 11) is 0. The number of thiophene rings is 1. The quantitative estimate of drug-likeness (QED) is 0.604. The van der Waals surface area contributed by atoms with Gasteiger partial charge in [0.2, 0.25) is 5.91 Å². The van der Waals surface area contributed by atoms with Gasteiger partial charge in [0, 0.05) is 18.1 Å². The van der Waals surface area contributed by atoms with E-state index in [2.05, 4.69) is 15.3 Å². The molecule has 6 nitrogen and oxygen atoms in total. The third-order valence-corrected chi connectivity index (χ3v) is 5.24. The lowest BCUT2D eigenvalue weighted by Gasteiger charge is -2.07. The summed E-state index contributed by atoms with van der Waals surface area (Å²) in [5, 5.41) is 3.70. The smallest absolute Gasteiger partial charge is 0.271 e. The number of benzene rings is 1. The molecule has 26 heavy (non-hydrogen) atoms. The number of hydrogen-bond donors (Lipinski definition) is 1. The minimum absolute atomic E-state index is 0.0602. The number of rotatable bonds is 4. The minimum Gasteiger partial charge on any atom is -0.350 e. The lowest BCUT2D eigenvalue weighted by Crippen LogP contribution is -2.31. The molecule has 4 aromatic rings. The second-order valence-electron chi connectivity index (χ2n) is 6.08. The molecule has 0 aliphatic rings. The average molecular weight is 364 g/mol. The number of aryl methyl sites for hydroxylation is 1. The fourth-order valence-corrected chi connectivity index (χ4v) is 3.78. The van der Waals surface area contributed by atoms with Gasteiger partial charge >= 0.3 is 0 Å². The molecule has 1 N–H and O–H groups in total. The molecule has 0 aliphatic heterocycles. The van der Waals surface area contributed by atoms with E-state index >= 15 is 0 Å². The molecule has 3 aromatic heterocycles. The summed E-state index contributed by atoms with van der Waals surface area (Å²) in [6, 6.07) is 11.7. The molecule has 0 fully saturated rings. The Labute approximate surface area is 153 Å². The molecule has 1 amide bonds. The molecule has 0 atom stereocenters. The first-order chi connectivity index (χ1) is 12.6. The highest BCUT2D eigenvalue weighted by Crippen LogP contribution is 2.27. The Morgan fingerprint density at radius 1 is 1.19 bits per heavy atom. The summed E-state index contributed by atoms with van der Waals surface area (Å²) < 4.78 is 1.86. The molecule has 130 valence electrons. The van der Waals surface area contributed by atoms with Crippen LogP contribution in [0, 0.1) is 6.92 Å². The van der Waals surface area contributed by atoms with Gasteiger partial charge in [-0.3, -0.25) is 14.2 Å². The molecule has 0 bridgehead atoms. The number of aromatic nitrogens is 3. The van der Waals surface area contributed by atoms with Gasteiger partial charge in [0.15, 0.2) is 0 Å². The summed E-state index contributed by atoms with van der Waals surface area (Å²) in [6.07, 6.45) is 3.12. The topological polar surface area (TPSA) is 76.9 Å². The molecular weight excluding hydrogens is 348 g/mol. The summed E-state index contributed by atoms with van der Waals surface area (Å²) in [5.41, 5.74) is 2.60. The highest BCUT2D eigenvalue weighted by atomic mass is 32.1. The number of nitrogens with zero attached hydrogens (tertiary/aromatic N) is 3. The van der Waals surface area contributed by atoms with Crippen LogP contribution in [0.15, 0.2) is 53.7 Å². The number of amides is 1. The Bertz CT molecular complexity index is 1160. The fourth-order valence-electron chi connectivity index (χ4n) is 2.73. The van der Waals surface area contributed by atoms with Crippen molar-refractivity contribution in [2.45, 2.75) is 20.0 Å². The van der Waals surface area contributed by atoms with Crippen molar-refractivity contribution in [3.8, 4) is 0 Å². The van der Waals surface area contributed by atoms with E-state index in [4.69, 9.17) is 0 Å². The predicted octanol–water partition coefficient (Wildman–Crippen LogP) is 2.63. The molecule has 0 saturated carbocycles. The van der Waals surface area contributed by atoms with E-state index in [1.54, 1.807) is 6.20 Å². The Morgan fingerprint density at radius 3 is 2.81 bits per heavy atom. The summed E-state index contributed by atoms with van der Waals surface area (Å²) in [6.45, 7) is 2.38. The van der Waals surface area contributed by atoms with E-state index in [-0.39, 0.29) is 18.0 Å². The number of carbonyl (C=O) groups is 1. The van der Waals surface area contributed by atoms with E-state index in [0.717, 1.165) is 15.8 Å². The van der Waals surface area contributed by atoms with Crippen molar-refractivity contribution in [1.29, 1.82) is 0 Å². The van der Waals surface area contributed by atoms with Gasteiger partial charge in [0.25, 0.3) is 5.56 Å². The zero-order valence-corrected chi connectivity index (χ0v) is 14.9. The van der Waals surface area contributed by atoms with Crippen LogP contribution >= 0.6 is 11.3 Å². The number of pyridine rings is 1. The van der Waals surface area contributed by atoms with Gasteiger partial charge in [-0.25, -0.2) is 9.97 Å². The molecular formula is C19H16N4O2S. The van der Waals surface area contributed by atoms with Gasteiger partial charge in [0.05, 0.1) is 11.8 Å². The number of carbonyl (C=O) groups excluding carboxylic acids is 1. The van der Waals surface area contributed by atoms with Gasteiger partial charge in [-0.1, -0.05) is 29.8 Å². The van der Waals surface area contributed by atoms with Crippen LogP contribution in [-0.4, -0.2) is 20.4 Å². The van der Waals surface area contributed by atoms with Crippen LogP contribution in [0.5, 0.6) is 0 Å². The zero-order valence-electron chi connectivity index (χ0n) is 14.1. The number of nitrogens with one attached hydrogen (secondary N) is 1. The van der Waals surface area contributed by atoms with Gasteiger partial charge in [0.1, 0.15) is 16.1 Å². The third-order valence-electron chi connectivity index (χ3n) is 4.15. The largest absolute Gasteiger partial charge is 0.350 e. The number of hydrogen-bond acceptors (Lipinski definition) is 5. The highest BCUT2D eigenvalue weighted by molar-refractivity contribution is 7.25. The summed E-state index contributed by atoms with van der Waals surface area (Å²) in [5.74, 6) is -0.229. The third kappa shape index (κ3) is 3.09. The maximum atomic E-state index is 12.7. The van der Waals surface area contributed by atoms with Crippen LogP contribution in [0.25, 0.3) is 20.4 Å². The second-order valence-corrected chi connectivity index (χ2v) is 7.07. The molecule has 3 heterocycles. The monoisotopic (exact) mass is 364 g/mol. The Balaban J connectivity index is 1.54. The maximum absolute atomic E-state index is 12.7. The van der Waals surface area contributed by atoms with E-state index in [9.17, 15) is 9.59 Å². The zero-order chi connectivity index (χ0) is 18.1. The highest BCUT2D eigenvalue weighted by Gasteiger charge is 2.13. The van der Waals surface area contributed by atoms with Crippen LogP contribution in [0.4, 0.5) is 0 Å². The van der Waals surface area contributed by atoms with Crippen LogP contribution in [0.3, 0.4) is 0 Å². The fraction of sp³-hybridized carbons (Fsp3) is 0.158. The lowest BCUT2D eigenvalue weighted by atomic mass is 10.1. The van der Waals surface area contributed by atoms with Crippen molar-refractivity contribution in [3.05, 3.63) is 70.4 Å². The summed E-state index contributed by atoms with van der Waals surface area (Å²) in [4.78, 5) is 34.3.